The van der Waals surface area contributed by atoms with E-state index < -0.39 is 0 Å². The van der Waals surface area contributed by atoms with Gasteiger partial charge in [-0.15, -0.1) is 5.10 Å². The van der Waals surface area contributed by atoms with Crippen molar-refractivity contribution in [3.63, 3.8) is 0 Å². The first kappa shape index (κ1) is 13.9. The molecule has 0 aliphatic heterocycles. The Balaban J connectivity index is 2.24. The second-order valence-corrected chi connectivity index (χ2v) is 3.73. The molecule has 0 amide bonds. The van der Waals surface area contributed by atoms with Crippen molar-refractivity contribution in [3.05, 3.63) is 17.8 Å². The molecule has 1 heterocycles. The zero-order valence-corrected chi connectivity index (χ0v) is 10.6. The Labute approximate surface area is 103 Å². The van der Waals surface area contributed by atoms with Gasteiger partial charge in [-0.05, 0) is 19.0 Å². The molecule has 0 saturated carbocycles. The first-order valence-corrected chi connectivity index (χ1v) is 6.02. The number of ether oxygens (including phenoxy) is 2. The van der Waals surface area contributed by atoms with Gasteiger partial charge in [-0.1, -0.05) is 6.92 Å². The summed E-state index contributed by atoms with van der Waals surface area (Å²) in [4.78, 5) is 0. The summed E-state index contributed by atoms with van der Waals surface area (Å²) in [5.74, 6) is 0.570. The Morgan fingerprint density at radius 2 is 2.12 bits per heavy atom. The maximum Gasteiger partial charge on any atom is 0.233 e. The number of nitrogens with zero attached hydrogens (tertiary/aromatic N) is 2. The molecule has 1 aromatic rings. The van der Waals surface area contributed by atoms with Crippen molar-refractivity contribution in [2.45, 2.75) is 26.3 Å². The fraction of sp³-hybridized carbons (Fsp3) is 0.667. The first-order chi connectivity index (χ1) is 8.36. The average molecular weight is 239 g/mol. The predicted octanol–water partition coefficient (Wildman–Crippen LogP) is 1.39. The lowest BCUT2D eigenvalue weighted by Gasteiger charge is -2.05. The molecule has 96 valence electrons. The van der Waals surface area contributed by atoms with Crippen LogP contribution in [0.5, 0.6) is 5.88 Å². The highest BCUT2D eigenvalue weighted by atomic mass is 16.5. The summed E-state index contributed by atoms with van der Waals surface area (Å²) in [6.07, 6.45) is 1.98. The van der Waals surface area contributed by atoms with E-state index in [1.807, 2.05) is 12.1 Å². The predicted molar refractivity (Wildman–Crippen MR) is 66.0 cm³/mol. The molecule has 0 saturated heterocycles. The molecule has 0 aliphatic carbocycles. The number of nitrogens with one attached hydrogen (secondary N) is 1. The summed E-state index contributed by atoms with van der Waals surface area (Å²) in [7, 11) is 1.68. The number of aromatic nitrogens is 2. The summed E-state index contributed by atoms with van der Waals surface area (Å²) in [6.45, 7) is 5.19. The molecular weight excluding hydrogens is 218 g/mol. The van der Waals surface area contributed by atoms with Gasteiger partial charge in [0.25, 0.3) is 0 Å². The van der Waals surface area contributed by atoms with Gasteiger partial charge in [0.1, 0.15) is 0 Å². The topological polar surface area (TPSA) is 56.3 Å². The van der Waals surface area contributed by atoms with Gasteiger partial charge in [0.15, 0.2) is 0 Å². The second kappa shape index (κ2) is 8.90. The van der Waals surface area contributed by atoms with E-state index in [0.29, 0.717) is 19.1 Å². The summed E-state index contributed by atoms with van der Waals surface area (Å²) < 4.78 is 10.3. The van der Waals surface area contributed by atoms with Crippen LogP contribution in [0, 0.1) is 0 Å². The van der Waals surface area contributed by atoms with Gasteiger partial charge in [0.2, 0.25) is 5.88 Å². The van der Waals surface area contributed by atoms with E-state index in [4.69, 9.17) is 9.47 Å². The van der Waals surface area contributed by atoms with E-state index in [1.165, 1.54) is 0 Å². The Hall–Kier alpha value is -1.20. The summed E-state index contributed by atoms with van der Waals surface area (Å²) in [5.41, 5.74) is 0.933. The minimum Gasteiger partial charge on any atom is -0.477 e. The first-order valence-electron chi connectivity index (χ1n) is 6.02. The van der Waals surface area contributed by atoms with Crippen molar-refractivity contribution >= 4 is 0 Å². The van der Waals surface area contributed by atoms with Crippen LogP contribution in [0.4, 0.5) is 0 Å². The van der Waals surface area contributed by atoms with Gasteiger partial charge in [0.05, 0.1) is 12.3 Å². The number of hydrogen-bond acceptors (Lipinski definition) is 5. The monoisotopic (exact) mass is 239 g/mol. The lowest BCUT2D eigenvalue weighted by Crippen LogP contribution is -2.15. The highest BCUT2D eigenvalue weighted by Crippen LogP contribution is 2.05. The van der Waals surface area contributed by atoms with Gasteiger partial charge in [-0.3, -0.25) is 0 Å². The van der Waals surface area contributed by atoms with Crippen molar-refractivity contribution in [1.82, 2.24) is 15.5 Å². The standard InChI is InChI=1S/C12H21N3O2/c1-3-7-13-10-11-5-6-12(15-14-11)17-9-4-8-16-2/h5-6,13H,3-4,7-10H2,1-2H3. The number of methoxy groups -OCH3 is 1. The maximum atomic E-state index is 5.41. The Morgan fingerprint density at radius 3 is 2.76 bits per heavy atom. The highest BCUT2D eigenvalue weighted by Gasteiger charge is 1.98. The van der Waals surface area contributed by atoms with Gasteiger partial charge < -0.3 is 14.8 Å². The van der Waals surface area contributed by atoms with Crippen LogP contribution in [0.15, 0.2) is 12.1 Å². The van der Waals surface area contributed by atoms with Crippen molar-refractivity contribution < 1.29 is 9.47 Å². The molecule has 1 aromatic heterocycles. The molecule has 17 heavy (non-hydrogen) atoms. The SMILES string of the molecule is CCCNCc1ccc(OCCCOC)nn1. The van der Waals surface area contributed by atoms with Crippen molar-refractivity contribution in [2.24, 2.45) is 0 Å². The van der Waals surface area contributed by atoms with Gasteiger partial charge in [0, 0.05) is 32.7 Å². The lowest BCUT2D eigenvalue weighted by molar-refractivity contribution is 0.170. The van der Waals surface area contributed by atoms with E-state index in [-0.39, 0.29) is 0 Å². The maximum absolute atomic E-state index is 5.41. The van der Waals surface area contributed by atoms with Crippen LogP contribution < -0.4 is 10.1 Å². The molecule has 5 nitrogen and oxygen atoms in total. The average Bonchev–Trinajstić information content (AvgIpc) is 2.37. The summed E-state index contributed by atoms with van der Waals surface area (Å²) in [6, 6.07) is 3.78. The van der Waals surface area contributed by atoms with Crippen LogP contribution in [-0.4, -0.2) is 37.1 Å². The normalized spacial score (nSPS) is 10.5. The van der Waals surface area contributed by atoms with Crippen molar-refractivity contribution in [3.8, 4) is 5.88 Å². The molecule has 0 unspecified atom stereocenters. The molecular formula is C12H21N3O2. The molecule has 0 fully saturated rings. The van der Waals surface area contributed by atoms with Gasteiger partial charge in [-0.25, -0.2) is 0 Å². The van der Waals surface area contributed by atoms with Crippen LogP contribution in [0.1, 0.15) is 25.5 Å². The fourth-order valence-corrected chi connectivity index (χ4v) is 1.29. The third-order valence-electron chi connectivity index (χ3n) is 2.17. The molecule has 1 N–H and O–H groups in total. The molecule has 0 aliphatic rings. The largest absolute Gasteiger partial charge is 0.477 e. The van der Waals surface area contributed by atoms with Crippen LogP contribution in [0.25, 0.3) is 0 Å². The van der Waals surface area contributed by atoms with Crippen LogP contribution in [0.2, 0.25) is 0 Å². The zero-order valence-electron chi connectivity index (χ0n) is 10.6. The van der Waals surface area contributed by atoms with Crippen LogP contribution in [0.3, 0.4) is 0 Å². The molecule has 0 radical (unpaired) electrons. The molecule has 5 heteroatoms. The minimum absolute atomic E-state index is 0.570. The molecule has 0 atom stereocenters. The van der Waals surface area contributed by atoms with E-state index in [2.05, 4.69) is 22.4 Å². The van der Waals surface area contributed by atoms with E-state index in [9.17, 15) is 0 Å². The Morgan fingerprint density at radius 1 is 1.24 bits per heavy atom. The fourth-order valence-electron chi connectivity index (χ4n) is 1.29. The number of rotatable bonds is 9. The zero-order chi connectivity index (χ0) is 12.3. The molecule has 0 bridgehead atoms. The van der Waals surface area contributed by atoms with E-state index >= 15 is 0 Å². The Bertz CT molecular complexity index is 290. The third-order valence-corrected chi connectivity index (χ3v) is 2.17. The van der Waals surface area contributed by atoms with Gasteiger partial charge in [-0.2, -0.15) is 5.10 Å². The third kappa shape index (κ3) is 6.19. The lowest BCUT2D eigenvalue weighted by atomic mass is 10.3. The van der Waals surface area contributed by atoms with Crippen LogP contribution in [-0.2, 0) is 11.3 Å². The molecule has 0 aromatic carbocycles. The quantitative estimate of drug-likeness (QED) is 0.660. The van der Waals surface area contributed by atoms with Gasteiger partial charge >= 0.3 is 0 Å². The molecule has 1 rings (SSSR count). The summed E-state index contributed by atoms with van der Waals surface area (Å²) in [5, 5.41) is 11.4. The highest BCUT2D eigenvalue weighted by molar-refractivity contribution is 5.11. The van der Waals surface area contributed by atoms with E-state index in [1.54, 1.807) is 7.11 Å². The molecule has 0 spiro atoms. The minimum atomic E-state index is 0.570. The number of hydrogen-bond donors (Lipinski definition) is 1. The van der Waals surface area contributed by atoms with E-state index in [0.717, 1.165) is 31.6 Å². The summed E-state index contributed by atoms with van der Waals surface area (Å²) >= 11 is 0. The Kier molecular flexibility index (Phi) is 7.25. The smallest absolute Gasteiger partial charge is 0.233 e. The van der Waals surface area contributed by atoms with Crippen molar-refractivity contribution in [1.29, 1.82) is 0 Å². The second-order valence-electron chi connectivity index (χ2n) is 3.73. The van der Waals surface area contributed by atoms with Crippen LogP contribution >= 0.6 is 0 Å². The van der Waals surface area contributed by atoms with Crippen molar-refractivity contribution in [2.75, 3.05) is 26.9 Å².